The number of aromatic nitrogens is 2. The minimum Gasteiger partial charge on any atom is -0.481 e. The molecule has 4 rings (SSSR count). The van der Waals surface area contributed by atoms with Gasteiger partial charge in [-0.1, -0.05) is 0 Å². The van der Waals surface area contributed by atoms with Gasteiger partial charge in [0.25, 0.3) is 0 Å². The molecule has 3 atom stereocenters. The summed E-state index contributed by atoms with van der Waals surface area (Å²) in [6, 6.07) is 2.30. The Bertz CT molecular complexity index is 621. The Labute approximate surface area is 142 Å². The van der Waals surface area contributed by atoms with Gasteiger partial charge in [-0.3, -0.25) is 9.69 Å². The van der Waals surface area contributed by atoms with Gasteiger partial charge in [-0.05, 0) is 38.1 Å². The van der Waals surface area contributed by atoms with E-state index in [9.17, 15) is 4.79 Å². The molecular formula is C17H25N5O2. The molecule has 0 unspecified atom stereocenters. The van der Waals surface area contributed by atoms with Crippen LogP contribution in [0.4, 0.5) is 5.82 Å². The van der Waals surface area contributed by atoms with Gasteiger partial charge in [0, 0.05) is 31.7 Å². The predicted molar refractivity (Wildman–Crippen MR) is 90.0 cm³/mol. The van der Waals surface area contributed by atoms with E-state index in [-0.39, 0.29) is 11.9 Å². The van der Waals surface area contributed by atoms with Crippen LogP contribution in [0.5, 0.6) is 5.88 Å². The maximum absolute atomic E-state index is 12.5. The van der Waals surface area contributed by atoms with Crippen molar-refractivity contribution in [3.05, 3.63) is 12.4 Å². The number of carbonyl (C=O) groups excluding carboxylic acids is 1. The van der Waals surface area contributed by atoms with Crippen molar-refractivity contribution >= 4 is 11.7 Å². The highest BCUT2D eigenvalue weighted by Gasteiger charge is 2.47. The molecule has 1 N–H and O–H groups in total. The lowest BCUT2D eigenvalue weighted by atomic mass is 10.0. The van der Waals surface area contributed by atoms with Crippen molar-refractivity contribution in [2.24, 2.45) is 11.8 Å². The van der Waals surface area contributed by atoms with Crippen LogP contribution in [0.25, 0.3) is 0 Å². The molecule has 1 aromatic heterocycles. The molecule has 0 aromatic carbocycles. The van der Waals surface area contributed by atoms with Gasteiger partial charge in [-0.2, -0.15) is 0 Å². The van der Waals surface area contributed by atoms with Crippen LogP contribution < -0.4 is 15.0 Å². The molecule has 1 saturated carbocycles. The van der Waals surface area contributed by atoms with Crippen molar-refractivity contribution in [3.8, 4) is 5.88 Å². The molecule has 1 aliphatic carbocycles. The van der Waals surface area contributed by atoms with E-state index in [0.717, 1.165) is 37.8 Å². The number of likely N-dealkylation sites (tertiary alicyclic amines) is 1. The number of hydrogen-bond donors (Lipinski definition) is 1. The molecule has 0 bridgehead atoms. The predicted octanol–water partition coefficient (Wildman–Crippen LogP) is 0.520. The number of likely N-dealkylation sites (N-methyl/N-ethyl adjacent to an activating group) is 1. The molecule has 24 heavy (non-hydrogen) atoms. The number of hydrogen-bond acceptors (Lipinski definition) is 6. The van der Waals surface area contributed by atoms with Gasteiger partial charge in [-0.15, -0.1) is 0 Å². The SMILES string of the molecule is COc1cc(N2C[C@H]3C[C@@H](C(=O)NCC4CC4)N(C)[C@H]3C2)ncn1. The molecule has 7 heteroatoms. The minimum absolute atomic E-state index is 0.0147. The molecular weight excluding hydrogens is 306 g/mol. The van der Waals surface area contributed by atoms with E-state index in [4.69, 9.17) is 4.74 Å². The first-order valence-corrected chi connectivity index (χ1v) is 8.76. The summed E-state index contributed by atoms with van der Waals surface area (Å²) < 4.78 is 5.19. The van der Waals surface area contributed by atoms with Crippen LogP contribution in [0.2, 0.25) is 0 Å². The van der Waals surface area contributed by atoms with Gasteiger partial charge in [0.2, 0.25) is 11.8 Å². The van der Waals surface area contributed by atoms with E-state index >= 15 is 0 Å². The lowest BCUT2D eigenvalue weighted by Crippen LogP contribution is -2.46. The molecule has 3 aliphatic rings. The number of ether oxygens (including phenoxy) is 1. The standard InChI is InChI=1S/C17H25N5O2/c1-21-13(17(23)18-7-11-3-4-11)5-12-8-22(9-14(12)21)15-6-16(24-2)20-10-19-15/h6,10-14H,3-5,7-9H2,1-2H3,(H,18,23)/t12-,13+,14+/m1/s1. The van der Waals surface area contributed by atoms with E-state index in [0.29, 0.717) is 17.8 Å². The van der Waals surface area contributed by atoms with E-state index in [1.54, 1.807) is 13.4 Å². The number of anilines is 1. The third-order valence-corrected chi connectivity index (χ3v) is 5.67. The Morgan fingerprint density at radius 2 is 2.21 bits per heavy atom. The van der Waals surface area contributed by atoms with Crippen LogP contribution in [0.15, 0.2) is 12.4 Å². The molecule has 0 spiro atoms. The Morgan fingerprint density at radius 3 is 2.92 bits per heavy atom. The average molecular weight is 331 g/mol. The highest BCUT2D eigenvalue weighted by atomic mass is 16.5. The van der Waals surface area contributed by atoms with Gasteiger partial charge in [-0.25, -0.2) is 9.97 Å². The number of nitrogens with one attached hydrogen (secondary N) is 1. The molecule has 2 saturated heterocycles. The van der Waals surface area contributed by atoms with Gasteiger partial charge >= 0.3 is 0 Å². The molecule has 130 valence electrons. The number of nitrogens with zero attached hydrogens (tertiary/aromatic N) is 4. The van der Waals surface area contributed by atoms with Crippen LogP contribution >= 0.6 is 0 Å². The van der Waals surface area contributed by atoms with Crippen LogP contribution in [0, 0.1) is 11.8 Å². The summed E-state index contributed by atoms with van der Waals surface area (Å²) in [5, 5.41) is 3.13. The van der Waals surface area contributed by atoms with Gasteiger partial charge in [0.15, 0.2) is 0 Å². The Morgan fingerprint density at radius 1 is 1.38 bits per heavy atom. The fraction of sp³-hybridized carbons (Fsp3) is 0.706. The third kappa shape index (κ3) is 2.92. The molecule has 0 radical (unpaired) electrons. The van der Waals surface area contributed by atoms with Crippen molar-refractivity contribution < 1.29 is 9.53 Å². The topological polar surface area (TPSA) is 70.6 Å². The fourth-order valence-electron chi connectivity index (χ4n) is 4.01. The zero-order chi connectivity index (χ0) is 16.7. The fourth-order valence-corrected chi connectivity index (χ4v) is 4.01. The van der Waals surface area contributed by atoms with Crippen molar-refractivity contribution in [1.29, 1.82) is 0 Å². The van der Waals surface area contributed by atoms with E-state index in [1.165, 1.54) is 12.8 Å². The summed E-state index contributed by atoms with van der Waals surface area (Å²) in [6.07, 6.45) is 5.00. The number of methoxy groups -OCH3 is 1. The number of fused-ring (bicyclic) bond motifs is 1. The second-order valence-corrected chi connectivity index (χ2v) is 7.26. The summed E-state index contributed by atoms with van der Waals surface area (Å²) in [7, 11) is 3.69. The first-order valence-electron chi connectivity index (χ1n) is 8.76. The average Bonchev–Trinajstić information content (AvgIpc) is 3.26. The number of rotatable bonds is 5. The molecule has 3 fully saturated rings. The molecule has 3 heterocycles. The molecule has 1 amide bonds. The minimum atomic E-state index is 0.0147. The van der Waals surface area contributed by atoms with Crippen molar-refractivity contribution in [2.75, 3.05) is 38.7 Å². The Balaban J connectivity index is 1.38. The molecule has 1 aromatic rings. The number of carbonyl (C=O) groups is 1. The quantitative estimate of drug-likeness (QED) is 0.848. The number of amides is 1. The van der Waals surface area contributed by atoms with Crippen LogP contribution in [0.3, 0.4) is 0 Å². The van der Waals surface area contributed by atoms with Crippen LogP contribution in [-0.2, 0) is 4.79 Å². The molecule has 7 nitrogen and oxygen atoms in total. The second kappa shape index (κ2) is 6.20. The second-order valence-electron chi connectivity index (χ2n) is 7.26. The maximum Gasteiger partial charge on any atom is 0.237 e. The smallest absolute Gasteiger partial charge is 0.237 e. The highest BCUT2D eigenvalue weighted by molar-refractivity contribution is 5.82. The summed E-state index contributed by atoms with van der Waals surface area (Å²) in [5.41, 5.74) is 0. The third-order valence-electron chi connectivity index (χ3n) is 5.67. The summed E-state index contributed by atoms with van der Waals surface area (Å²) in [4.78, 5) is 25.4. The largest absolute Gasteiger partial charge is 0.481 e. The Hall–Kier alpha value is -1.89. The van der Waals surface area contributed by atoms with Gasteiger partial charge in [0.1, 0.15) is 12.1 Å². The maximum atomic E-state index is 12.5. The van der Waals surface area contributed by atoms with Crippen LogP contribution in [-0.4, -0.2) is 66.7 Å². The van der Waals surface area contributed by atoms with Crippen LogP contribution in [0.1, 0.15) is 19.3 Å². The molecule has 2 aliphatic heterocycles. The zero-order valence-electron chi connectivity index (χ0n) is 14.3. The van der Waals surface area contributed by atoms with E-state index in [1.807, 2.05) is 6.07 Å². The highest BCUT2D eigenvalue weighted by Crippen LogP contribution is 2.36. The normalized spacial score (nSPS) is 29.6. The van der Waals surface area contributed by atoms with E-state index in [2.05, 4.69) is 32.1 Å². The first-order chi connectivity index (χ1) is 11.7. The summed E-state index contributed by atoms with van der Waals surface area (Å²) in [6.45, 7) is 2.68. The van der Waals surface area contributed by atoms with Crippen molar-refractivity contribution in [2.45, 2.75) is 31.3 Å². The summed E-state index contributed by atoms with van der Waals surface area (Å²) in [5.74, 6) is 2.92. The lowest BCUT2D eigenvalue weighted by molar-refractivity contribution is -0.125. The van der Waals surface area contributed by atoms with Crippen molar-refractivity contribution in [3.63, 3.8) is 0 Å². The van der Waals surface area contributed by atoms with Gasteiger partial charge < -0.3 is 15.0 Å². The van der Waals surface area contributed by atoms with E-state index < -0.39 is 0 Å². The monoisotopic (exact) mass is 331 g/mol. The first kappa shape index (κ1) is 15.6. The zero-order valence-corrected chi connectivity index (χ0v) is 14.3. The lowest BCUT2D eigenvalue weighted by Gasteiger charge is -2.26. The Kier molecular flexibility index (Phi) is 4.04. The van der Waals surface area contributed by atoms with Crippen molar-refractivity contribution in [1.82, 2.24) is 20.2 Å². The van der Waals surface area contributed by atoms with Gasteiger partial charge in [0.05, 0.1) is 13.2 Å². The summed E-state index contributed by atoms with van der Waals surface area (Å²) >= 11 is 0.